The third kappa shape index (κ3) is 5.33. The molecule has 1 amide bonds. The highest BCUT2D eigenvalue weighted by Crippen LogP contribution is 2.30. The predicted molar refractivity (Wildman–Crippen MR) is 101 cm³/mol. The monoisotopic (exact) mass is 338 g/mol. The van der Waals surface area contributed by atoms with E-state index in [0.29, 0.717) is 0 Å². The first-order valence-corrected chi connectivity index (χ1v) is 8.93. The van der Waals surface area contributed by atoms with Gasteiger partial charge in [-0.05, 0) is 49.4 Å². The Bertz CT molecular complexity index is 725. The van der Waals surface area contributed by atoms with Gasteiger partial charge >= 0.3 is 0 Å². The average molecular weight is 338 g/mol. The predicted octanol–water partition coefficient (Wildman–Crippen LogP) is 4.28. The molecule has 0 heterocycles. The number of rotatable bonds is 8. The molecule has 132 valence electrons. The van der Waals surface area contributed by atoms with Crippen LogP contribution in [0, 0.1) is 5.92 Å². The summed E-state index contributed by atoms with van der Waals surface area (Å²) in [6.45, 7) is 5.21. The van der Waals surface area contributed by atoms with Gasteiger partial charge in [0.25, 0.3) is 0 Å². The van der Waals surface area contributed by atoms with Crippen LogP contribution >= 0.6 is 0 Å². The topological polar surface area (TPSA) is 50.4 Å². The highest BCUT2D eigenvalue weighted by Gasteiger charge is 2.22. The Kier molecular flexibility index (Phi) is 5.71. The van der Waals surface area contributed by atoms with Crippen LogP contribution in [0.15, 0.2) is 48.5 Å². The van der Waals surface area contributed by atoms with Gasteiger partial charge in [-0.1, -0.05) is 30.3 Å². The SMILES string of the molecule is CC(=O)Nc1cccc([C@@H](C)NCc2ccccc2OCC2CC2)c1. The van der Waals surface area contributed by atoms with Crippen molar-refractivity contribution in [3.8, 4) is 5.75 Å². The lowest BCUT2D eigenvalue weighted by molar-refractivity contribution is -0.114. The van der Waals surface area contributed by atoms with Crippen LogP contribution in [0.2, 0.25) is 0 Å². The molecule has 0 radical (unpaired) electrons. The number of benzene rings is 2. The fourth-order valence-corrected chi connectivity index (χ4v) is 2.75. The number of carbonyl (C=O) groups is 1. The number of amides is 1. The molecule has 0 unspecified atom stereocenters. The van der Waals surface area contributed by atoms with Gasteiger partial charge in [0.1, 0.15) is 5.75 Å². The Morgan fingerprint density at radius 3 is 2.76 bits per heavy atom. The summed E-state index contributed by atoms with van der Waals surface area (Å²) in [6, 6.07) is 16.3. The molecule has 0 bridgehead atoms. The summed E-state index contributed by atoms with van der Waals surface area (Å²) >= 11 is 0. The maximum absolute atomic E-state index is 11.2. The Labute approximate surface area is 149 Å². The molecule has 1 aliphatic carbocycles. The first-order chi connectivity index (χ1) is 12.1. The van der Waals surface area contributed by atoms with Gasteiger partial charge in [-0.25, -0.2) is 0 Å². The van der Waals surface area contributed by atoms with Crippen LogP contribution in [0.25, 0.3) is 0 Å². The number of ether oxygens (including phenoxy) is 1. The van der Waals surface area contributed by atoms with Crippen molar-refractivity contribution < 1.29 is 9.53 Å². The van der Waals surface area contributed by atoms with E-state index in [4.69, 9.17) is 4.74 Å². The second-order valence-corrected chi connectivity index (χ2v) is 6.77. The molecular formula is C21H26N2O2. The summed E-state index contributed by atoms with van der Waals surface area (Å²) < 4.78 is 5.97. The lowest BCUT2D eigenvalue weighted by Gasteiger charge is -2.17. The Hall–Kier alpha value is -2.33. The molecule has 1 saturated carbocycles. The van der Waals surface area contributed by atoms with Crippen molar-refractivity contribution in [1.82, 2.24) is 5.32 Å². The van der Waals surface area contributed by atoms with E-state index in [1.807, 2.05) is 36.4 Å². The molecule has 2 aromatic rings. The highest BCUT2D eigenvalue weighted by molar-refractivity contribution is 5.88. The molecule has 0 saturated heterocycles. The number of nitrogens with one attached hydrogen (secondary N) is 2. The number of hydrogen-bond donors (Lipinski definition) is 2. The third-order valence-corrected chi connectivity index (χ3v) is 4.45. The normalized spacial score (nSPS) is 14.8. The van der Waals surface area contributed by atoms with Gasteiger partial charge in [-0.15, -0.1) is 0 Å². The fourth-order valence-electron chi connectivity index (χ4n) is 2.75. The Balaban J connectivity index is 1.60. The smallest absolute Gasteiger partial charge is 0.221 e. The van der Waals surface area contributed by atoms with Gasteiger partial charge in [-0.3, -0.25) is 4.79 Å². The molecule has 1 atom stereocenters. The van der Waals surface area contributed by atoms with Crippen LogP contribution in [0.5, 0.6) is 5.75 Å². The van der Waals surface area contributed by atoms with Crippen molar-refractivity contribution >= 4 is 11.6 Å². The van der Waals surface area contributed by atoms with Gasteiger partial charge in [0, 0.05) is 30.8 Å². The zero-order chi connectivity index (χ0) is 17.6. The summed E-state index contributed by atoms with van der Waals surface area (Å²) in [6.07, 6.45) is 2.59. The van der Waals surface area contributed by atoms with E-state index in [-0.39, 0.29) is 11.9 Å². The minimum absolute atomic E-state index is 0.0560. The lowest BCUT2D eigenvalue weighted by Crippen LogP contribution is -2.19. The standard InChI is InChI=1S/C21H26N2O2/c1-15(18-7-5-8-20(12-18)23-16(2)24)22-13-19-6-3-4-9-21(19)25-14-17-10-11-17/h3-9,12,15,17,22H,10-11,13-14H2,1-2H3,(H,23,24)/t15-/m1/s1. The molecule has 3 rings (SSSR count). The molecule has 25 heavy (non-hydrogen) atoms. The zero-order valence-electron chi connectivity index (χ0n) is 14.9. The van der Waals surface area contributed by atoms with Gasteiger partial charge in [0.2, 0.25) is 5.91 Å². The molecule has 1 aliphatic rings. The van der Waals surface area contributed by atoms with E-state index in [1.165, 1.54) is 25.3 Å². The van der Waals surface area contributed by atoms with E-state index in [9.17, 15) is 4.79 Å². The molecule has 0 aromatic heterocycles. The van der Waals surface area contributed by atoms with E-state index in [0.717, 1.165) is 36.1 Å². The molecule has 4 nitrogen and oxygen atoms in total. The Morgan fingerprint density at radius 2 is 2.00 bits per heavy atom. The highest BCUT2D eigenvalue weighted by atomic mass is 16.5. The molecule has 4 heteroatoms. The van der Waals surface area contributed by atoms with Gasteiger partial charge in [0.05, 0.1) is 6.61 Å². The van der Waals surface area contributed by atoms with Gasteiger partial charge in [0.15, 0.2) is 0 Å². The molecule has 0 spiro atoms. The number of para-hydroxylation sites is 1. The molecular weight excluding hydrogens is 312 g/mol. The van der Waals surface area contributed by atoms with Crippen LogP contribution in [0.3, 0.4) is 0 Å². The number of carbonyl (C=O) groups excluding carboxylic acids is 1. The van der Waals surface area contributed by atoms with E-state index in [2.05, 4.69) is 29.7 Å². The average Bonchev–Trinajstić information content (AvgIpc) is 3.42. The second-order valence-electron chi connectivity index (χ2n) is 6.77. The van der Waals surface area contributed by atoms with Gasteiger partial charge < -0.3 is 15.4 Å². The molecule has 1 fully saturated rings. The van der Waals surface area contributed by atoms with Crippen LogP contribution in [0.4, 0.5) is 5.69 Å². The number of hydrogen-bond acceptors (Lipinski definition) is 3. The number of anilines is 1. The summed E-state index contributed by atoms with van der Waals surface area (Å²) in [4.78, 5) is 11.2. The fraction of sp³-hybridized carbons (Fsp3) is 0.381. The summed E-state index contributed by atoms with van der Waals surface area (Å²) in [5, 5.41) is 6.38. The molecule has 2 aromatic carbocycles. The van der Waals surface area contributed by atoms with Crippen LogP contribution in [-0.2, 0) is 11.3 Å². The summed E-state index contributed by atoms with van der Waals surface area (Å²) in [5.74, 6) is 1.66. The maximum Gasteiger partial charge on any atom is 0.221 e. The van der Waals surface area contributed by atoms with Gasteiger partial charge in [-0.2, -0.15) is 0 Å². The van der Waals surface area contributed by atoms with E-state index < -0.39 is 0 Å². The second kappa shape index (κ2) is 8.17. The van der Waals surface area contributed by atoms with Crippen molar-refractivity contribution in [3.05, 3.63) is 59.7 Å². The van der Waals surface area contributed by atoms with Crippen molar-refractivity contribution in [3.63, 3.8) is 0 Å². The minimum Gasteiger partial charge on any atom is -0.493 e. The van der Waals surface area contributed by atoms with Crippen LogP contribution < -0.4 is 15.4 Å². The minimum atomic E-state index is -0.0560. The lowest BCUT2D eigenvalue weighted by atomic mass is 10.1. The first kappa shape index (κ1) is 17.5. The first-order valence-electron chi connectivity index (χ1n) is 8.93. The zero-order valence-corrected chi connectivity index (χ0v) is 14.9. The van der Waals surface area contributed by atoms with E-state index in [1.54, 1.807) is 0 Å². The summed E-state index contributed by atoms with van der Waals surface area (Å²) in [7, 11) is 0. The summed E-state index contributed by atoms with van der Waals surface area (Å²) in [5.41, 5.74) is 3.14. The maximum atomic E-state index is 11.2. The van der Waals surface area contributed by atoms with E-state index >= 15 is 0 Å². The van der Waals surface area contributed by atoms with Crippen molar-refractivity contribution in [2.75, 3.05) is 11.9 Å². The van der Waals surface area contributed by atoms with Crippen molar-refractivity contribution in [2.24, 2.45) is 5.92 Å². The van der Waals surface area contributed by atoms with Crippen molar-refractivity contribution in [2.45, 2.75) is 39.3 Å². The van der Waals surface area contributed by atoms with Crippen LogP contribution in [0.1, 0.15) is 43.9 Å². The largest absolute Gasteiger partial charge is 0.493 e. The van der Waals surface area contributed by atoms with Crippen LogP contribution in [-0.4, -0.2) is 12.5 Å². The third-order valence-electron chi connectivity index (χ3n) is 4.45. The Morgan fingerprint density at radius 1 is 1.20 bits per heavy atom. The molecule has 2 N–H and O–H groups in total. The quantitative estimate of drug-likeness (QED) is 0.755. The van der Waals surface area contributed by atoms with Crippen molar-refractivity contribution in [1.29, 1.82) is 0 Å². The molecule has 0 aliphatic heterocycles.